The van der Waals surface area contributed by atoms with Crippen molar-refractivity contribution in [2.45, 2.75) is 32.7 Å². The lowest BCUT2D eigenvalue weighted by molar-refractivity contribution is -0.122. The van der Waals surface area contributed by atoms with E-state index in [1.165, 1.54) is 0 Å². The first-order valence-electron chi connectivity index (χ1n) is 4.27. The summed E-state index contributed by atoms with van der Waals surface area (Å²) in [6.45, 7) is 4.19. The van der Waals surface area contributed by atoms with E-state index in [0.717, 1.165) is 6.42 Å². The van der Waals surface area contributed by atoms with Gasteiger partial charge in [0, 0.05) is 19.5 Å². The predicted octanol–water partition coefficient (Wildman–Crippen LogP) is 0.000500. The minimum absolute atomic E-state index is 0.0293. The van der Waals surface area contributed by atoms with Crippen LogP contribution in [0.1, 0.15) is 26.7 Å². The molecule has 1 amide bonds. The minimum atomic E-state index is -0.0503. The Balaban J connectivity index is 3.54. The third-order valence-electron chi connectivity index (χ3n) is 1.49. The molecule has 0 bridgehead atoms. The van der Waals surface area contributed by atoms with Crippen molar-refractivity contribution in [3.8, 4) is 0 Å². The van der Waals surface area contributed by atoms with Gasteiger partial charge in [0.1, 0.15) is 0 Å². The van der Waals surface area contributed by atoms with E-state index in [4.69, 9.17) is 5.73 Å². The van der Waals surface area contributed by atoms with Crippen molar-refractivity contribution in [3.63, 3.8) is 0 Å². The van der Waals surface area contributed by atoms with Gasteiger partial charge in [-0.15, -0.1) is 0 Å². The summed E-state index contributed by atoms with van der Waals surface area (Å²) in [6, 6.07) is -0.0293. The molecule has 0 aromatic heterocycles. The summed E-state index contributed by atoms with van der Waals surface area (Å²) in [4.78, 5) is 11.0. The molecule has 0 aliphatic heterocycles. The second-order valence-corrected chi connectivity index (χ2v) is 3.39. The minimum Gasteiger partial charge on any atom is -0.327 e. The van der Waals surface area contributed by atoms with Gasteiger partial charge in [-0.2, -0.15) is 0 Å². The van der Waals surface area contributed by atoms with Crippen molar-refractivity contribution < 1.29 is 4.79 Å². The molecule has 0 spiro atoms. The van der Waals surface area contributed by atoms with Crippen molar-refractivity contribution in [1.29, 1.82) is 0 Å². The van der Waals surface area contributed by atoms with Crippen LogP contribution in [0.25, 0.3) is 0 Å². The highest BCUT2D eigenvalue weighted by atomic mass is 16.2. The molecule has 0 aliphatic rings. The monoisotopic (exact) mass is 173 g/mol. The smallest absolute Gasteiger partial charge is 0.235 e. The topological polar surface area (TPSA) is 67.1 Å². The van der Waals surface area contributed by atoms with Crippen LogP contribution in [0.15, 0.2) is 0 Å². The third-order valence-corrected chi connectivity index (χ3v) is 1.49. The van der Waals surface area contributed by atoms with Gasteiger partial charge in [-0.05, 0) is 12.3 Å². The SMILES string of the molecule is CNNC(=O)CC(N)CC(C)C. The Morgan fingerprint density at radius 3 is 2.50 bits per heavy atom. The molecule has 0 saturated heterocycles. The molecule has 72 valence electrons. The van der Waals surface area contributed by atoms with Crippen molar-refractivity contribution in [3.05, 3.63) is 0 Å². The molecular formula is C8H19N3O. The molecule has 12 heavy (non-hydrogen) atoms. The fourth-order valence-electron chi connectivity index (χ4n) is 1.12. The highest BCUT2D eigenvalue weighted by molar-refractivity contribution is 5.75. The Bertz CT molecular complexity index is 136. The molecule has 0 rings (SSSR count). The number of nitrogens with one attached hydrogen (secondary N) is 2. The van der Waals surface area contributed by atoms with E-state index in [0.29, 0.717) is 12.3 Å². The van der Waals surface area contributed by atoms with Crippen LogP contribution < -0.4 is 16.6 Å². The van der Waals surface area contributed by atoms with E-state index >= 15 is 0 Å². The van der Waals surface area contributed by atoms with E-state index < -0.39 is 0 Å². The fourth-order valence-corrected chi connectivity index (χ4v) is 1.12. The zero-order valence-electron chi connectivity index (χ0n) is 8.05. The first-order valence-corrected chi connectivity index (χ1v) is 4.27. The number of hydrogen-bond donors (Lipinski definition) is 3. The van der Waals surface area contributed by atoms with Crippen LogP contribution >= 0.6 is 0 Å². The van der Waals surface area contributed by atoms with Gasteiger partial charge in [0.2, 0.25) is 5.91 Å². The number of carbonyl (C=O) groups excluding carboxylic acids is 1. The maximum absolute atomic E-state index is 11.0. The second-order valence-electron chi connectivity index (χ2n) is 3.39. The first-order chi connectivity index (χ1) is 5.56. The van der Waals surface area contributed by atoms with Gasteiger partial charge in [0.15, 0.2) is 0 Å². The Labute approximate surface area is 73.9 Å². The molecule has 0 aromatic rings. The maximum Gasteiger partial charge on any atom is 0.235 e. The quantitative estimate of drug-likeness (QED) is 0.513. The van der Waals surface area contributed by atoms with Gasteiger partial charge >= 0.3 is 0 Å². The molecular weight excluding hydrogens is 154 g/mol. The third kappa shape index (κ3) is 6.12. The summed E-state index contributed by atoms with van der Waals surface area (Å²) >= 11 is 0. The zero-order valence-corrected chi connectivity index (χ0v) is 8.05. The lowest BCUT2D eigenvalue weighted by atomic mass is 10.0. The van der Waals surface area contributed by atoms with Gasteiger partial charge in [-0.3, -0.25) is 10.2 Å². The predicted molar refractivity (Wildman–Crippen MR) is 49.2 cm³/mol. The van der Waals surface area contributed by atoms with Crippen LogP contribution in [-0.4, -0.2) is 19.0 Å². The molecule has 0 aromatic carbocycles. The summed E-state index contributed by atoms with van der Waals surface area (Å²) < 4.78 is 0. The highest BCUT2D eigenvalue weighted by Crippen LogP contribution is 2.04. The summed E-state index contributed by atoms with van der Waals surface area (Å²) in [5.41, 5.74) is 10.8. The van der Waals surface area contributed by atoms with Crippen molar-refractivity contribution in [2.24, 2.45) is 11.7 Å². The molecule has 0 radical (unpaired) electrons. The second kappa shape index (κ2) is 5.97. The highest BCUT2D eigenvalue weighted by Gasteiger charge is 2.09. The van der Waals surface area contributed by atoms with E-state index in [1.807, 2.05) is 0 Å². The summed E-state index contributed by atoms with van der Waals surface area (Å²) in [6.07, 6.45) is 1.27. The van der Waals surface area contributed by atoms with Crippen molar-refractivity contribution in [2.75, 3.05) is 7.05 Å². The standard InChI is InChI=1S/C8H19N3O/c1-6(2)4-7(9)5-8(12)11-10-3/h6-7,10H,4-5,9H2,1-3H3,(H,11,12). The Kier molecular flexibility index (Phi) is 5.66. The van der Waals surface area contributed by atoms with Crippen LogP contribution in [0.3, 0.4) is 0 Å². The Morgan fingerprint density at radius 2 is 2.08 bits per heavy atom. The Morgan fingerprint density at radius 1 is 1.50 bits per heavy atom. The van der Waals surface area contributed by atoms with Crippen molar-refractivity contribution in [1.82, 2.24) is 10.9 Å². The number of rotatable bonds is 5. The molecule has 0 aliphatic carbocycles. The molecule has 4 nitrogen and oxygen atoms in total. The van der Waals surface area contributed by atoms with E-state index in [-0.39, 0.29) is 11.9 Å². The number of hydrazine groups is 1. The summed E-state index contributed by atoms with van der Waals surface area (Å²) in [5, 5.41) is 0. The summed E-state index contributed by atoms with van der Waals surface area (Å²) in [5.74, 6) is 0.494. The van der Waals surface area contributed by atoms with E-state index in [2.05, 4.69) is 24.7 Å². The van der Waals surface area contributed by atoms with Crippen LogP contribution in [-0.2, 0) is 4.79 Å². The number of carbonyl (C=O) groups is 1. The molecule has 0 heterocycles. The van der Waals surface area contributed by atoms with Gasteiger partial charge in [0.05, 0.1) is 0 Å². The number of amides is 1. The Hall–Kier alpha value is -0.610. The van der Waals surface area contributed by atoms with Crippen molar-refractivity contribution >= 4 is 5.91 Å². The summed E-state index contributed by atoms with van der Waals surface area (Å²) in [7, 11) is 1.66. The molecule has 4 N–H and O–H groups in total. The first kappa shape index (κ1) is 11.4. The van der Waals surface area contributed by atoms with Crippen LogP contribution in [0.2, 0.25) is 0 Å². The molecule has 0 fully saturated rings. The maximum atomic E-state index is 11.0. The normalized spacial score (nSPS) is 13.1. The molecule has 0 saturated carbocycles. The van der Waals surface area contributed by atoms with Gasteiger partial charge in [-0.1, -0.05) is 13.8 Å². The fraction of sp³-hybridized carbons (Fsp3) is 0.875. The van der Waals surface area contributed by atoms with Gasteiger partial charge in [0.25, 0.3) is 0 Å². The van der Waals surface area contributed by atoms with Crippen LogP contribution in [0, 0.1) is 5.92 Å². The molecule has 1 atom stereocenters. The van der Waals surface area contributed by atoms with Crippen LogP contribution in [0.5, 0.6) is 0 Å². The lowest BCUT2D eigenvalue weighted by Gasteiger charge is -2.13. The van der Waals surface area contributed by atoms with E-state index in [9.17, 15) is 4.79 Å². The largest absolute Gasteiger partial charge is 0.327 e. The number of hydrogen-bond acceptors (Lipinski definition) is 3. The molecule has 4 heteroatoms. The zero-order chi connectivity index (χ0) is 9.56. The number of nitrogens with two attached hydrogens (primary N) is 1. The lowest BCUT2D eigenvalue weighted by Crippen LogP contribution is -2.38. The van der Waals surface area contributed by atoms with Gasteiger partial charge in [-0.25, -0.2) is 5.43 Å². The van der Waals surface area contributed by atoms with E-state index in [1.54, 1.807) is 7.05 Å². The average Bonchev–Trinajstić information content (AvgIpc) is 1.84. The van der Waals surface area contributed by atoms with Crippen LogP contribution in [0.4, 0.5) is 0 Å². The van der Waals surface area contributed by atoms with Gasteiger partial charge < -0.3 is 5.73 Å². The molecule has 1 unspecified atom stereocenters. The average molecular weight is 173 g/mol.